The van der Waals surface area contributed by atoms with Crippen LogP contribution in [-0.2, 0) is 20.0 Å². The molecule has 0 aliphatic carbocycles. The summed E-state index contributed by atoms with van der Waals surface area (Å²) in [6.45, 7) is 3.49. The number of nitrogens with one attached hydrogen (secondary N) is 3. The third-order valence-electron chi connectivity index (χ3n) is 7.29. The average molecular weight is 730 g/mol. The number of halogens is 1. The largest absolute Gasteiger partial charge is 0.369 e. The number of guanidine groups is 1. The van der Waals surface area contributed by atoms with Gasteiger partial charge in [-0.25, -0.2) is 28.1 Å². The van der Waals surface area contributed by atoms with Crippen molar-refractivity contribution in [2.45, 2.75) is 23.6 Å². The molecule has 17 heteroatoms. The Hall–Kier alpha value is -5.84. The van der Waals surface area contributed by atoms with Gasteiger partial charge < -0.3 is 22.1 Å². The molecule has 0 saturated heterocycles. The number of nitrogens with two attached hydrogens (primary N) is 2. The predicted octanol–water partition coefficient (Wildman–Crippen LogP) is 5.21. The standard InChI is InChI=1S/C33H28ClN9O5S2/c1-18-16-19(2)38-33(37-18)43-50(47,48)24-11-7-21(8-12-24)39-29-25-15-6-20(34)17-28(25)41-30-26(29)4-3-5-27(30)31(44)40-22-9-13-23(14-10-22)49(45,46)42-32(35)36/h3-17H,1-2H3,(H,39,41)(H,40,44)(H4,35,36,42)(H,37,38,43). The summed E-state index contributed by atoms with van der Waals surface area (Å²) >= 11 is 6.32. The second-order valence-corrected chi connectivity index (χ2v) is 14.8. The quantitative estimate of drug-likeness (QED) is 0.0738. The Morgan fingerprint density at radius 2 is 1.40 bits per heavy atom. The molecule has 2 aromatic heterocycles. The number of para-hydroxylation sites is 1. The lowest BCUT2D eigenvalue weighted by Gasteiger charge is -2.16. The maximum atomic E-state index is 13.6. The van der Waals surface area contributed by atoms with Crippen LogP contribution < -0.4 is 26.8 Å². The molecule has 14 nitrogen and oxygen atoms in total. The number of nitrogens with zero attached hydrogens (tertiary/aromatic N) is 4. The lowest BCUT2D eigenvalue weighted by Crippen LogP contribution is -2.24. The number of anilines is 4. The molecule has 1 amide bonds. The molecule has 0 aliphatic heterocycles. The van der Waals surface area contributed by atoms with Crippen LogP contribution in [0.5, 0.6) is 0 Å². The first-order valence-corrected chi connectivity index (χ1v) is 18.0. The van der Waals surface area contributed by atoms with Crippen LogP contribution in [-0.4, -0.2) is 43.7 Å². The Morgan fingerprint density at radius 1 is 0.760 bits per heavy atom. The molecule has 0 bridgehead atoms. The van der Waals surface area contributed by atoms with E-state index in [0.29, 0.717) is 55.3 Å². The third-order valence-corrected chi connectivity index (χ3v) is 10.2. The van der Waals surface area contributed by atoms with Gasteiger partial charge in [-0.05, 0) is 92.7 Å². The van der Waals surface area contributed by atoms with Crippen molar-refractivity contribution in [2.24, 2.45) is 15.9 Å². The number of rotatable bonds is 9. The summed E-state index contributed by atoms with van der Waals surface area (Å²) in [5.41, 5.74) is 14.2. The van der Waals surface area contributed by atoms with Gasteiger partial charge in [0.1, 0.15) is 0 Å². The van der Waals surface area contributed by atoms with Crippen molar-refractivity contribution in [1.29, 1.82) is 0 Å². The van der Waals surface area contributed by atoms with Crippen molar-refractivity contribution in [2.75, 3.05) is 15.4 Å². The number of pyridine rings is 1. The summed E-state index contributed by atoms with van der Waals surface area (Å²) < 4.78 is 56.5. The maximum absolute atomic E-state index is 13.6. The van der Waals surface area contributed by atoms with Crippen molar-refractivity contribution >= 4 is 88.3 Å². The number of hydrogen-bond donors (Lipinski definition) is 5. The molecule has 0 unspecified atom stereocenters. The van der Waals surface area contributed by atoms with Crippen LogP contribution in [0.25, 0.3) is 21.8 Å². The van der Waals surface area contributed by atoms with Crippen LogP contribution >= 0.6 is 11.6 Å². The highest BCUT2D eigenvalue weighted by Crippen LogP contribution is 2.36. The van der Waals surface area contributed by atoms with Crippen LogP contribution in [0.15, 0.2) is 105 Å². The number of hydrogen-bond acceptors (Lipinski definition) is 9. The van der Waals surface area contributed by atoms with Gasteiger partial charge >= 0.3 is 0 Å². The van der Waals surface area contributed by atoms with Crippen LogP contribution in [0.2, 0.25) is 5.02 Å². The Morgan fingerprint density at radius 3 is 2.06 bits per heavy atom. The smallest absolute Gasteiger partial charge is 0.285 e. The molecular weight excluding hydrogens is 702 g/mol. The lowest BCUT2D eigenvalue weighted by molar-refractivity contribution is 0.102. The van der Waals surface area contributed by atoms with Crippen LogP contribution in [0.4, 0.5) is 23.0 Å². The summed E-state index contributed by atoms with van der Waals surface area (Å²) in [6.07, 6.45) is 0. The van der Waals surface area contributed by atoms with E-state index in [4.69, 9.17) is 28.1 Å². The first-order valence-electron chi connectivity index (χ1n) is 14.7. The number of benzene rings is 4. The van der Waals surface area contributed by atoms with Crippen molar-refractivity contribution in [3.8, 4) is 0 Å². The highest BCUT2D eigenvalue weighted by Gasteiger charge is 2.20. The normalized spacial score (nSPS) is 11.7. The Labute approximate surface area is 291 Å². The summed E-state index contributed by atoms with van der Waals surface area (Å²) in [5, 5.41) is 7.85. The van der Waals surface area contributed by atoms with Crippen molar-refractivity contribution < 1.29 is 21.6 Å². The van der Waals surface area contributed by atoms with E-state index in [2.05, 4.69) is 29.7 Å². The summed E-state index contributed by atoms with van der Waals surface area (Å²) in [6, 6.07) is 23.5. The highest BCUT2D eigenvalue weighted by atomic mass is 35.5. The summed E-state index contributed by atoms with van der Waals surface area (Å²) in [7, 11) is -8.09. The fraction of sp³-hybridized carbons (Fsp3) is 0.0606. The number of fused-ring (bicyclic) bond motifs is 2. The van der Waals surface area contributed by atoms with Gasteiger partial charge in [-0.3, -0.25) is 4.79 Å². The molecule has 0 fully saturated rings. The van der Waals surface area contributed by atoms with E-state index in [9.17, 15) is 21.6 Å². The Kier molecular flexibility index (Phi) is 9.00. The Bertz CT molecular complexity index is 2540. The number of amides is 1. The zero-order valence-electron chi connectivity index (χ0n) is 26.3. The van der Waals surface area contributed by atoms with Crippen molar-refractivity contribution in [3.63, 3.8) is 0 Å². The monoisotopic (exact) mass is 729 g/mol. The second-order valence-electron chi connectivity index (χ2n) is 11.0. The van der Waals surface area contributed by atoms with Crippen molar-refractivity contribution in [3.05, 3.63) is 113 Å². The number of carbonyl (C=O) groups is 1. The van der Waals surface area contributed by atoms with E-state index >= 15 is 0 Å². The molecule has 6 aromatic rings. The van der Waals surface area contributed by atoms with Crippen molar-refractivity contribution in [1.82, 2.24) is 15.0 Å². The second kappa shape index (κ2) is 13.2. The molecule has 0 radical (unpaired) electrons. The number of carbonyl (C=O) groups excluding carboxylic acids is 1. The highest BCUT2D eigenvalue weighted by molar-refractivity contribution is 7.92. The van der Waals surface area contributed by atoms with Gasteiger partial charge in [0.2, 0.25) is 11.9 Å². The molecular formula is C33H28ClN9O5S2. The fourth-order valence-corrected chi connectivity index (χ4v) is 7.14. The minimum atomic E-state index is -4.11. The molecule has 0 saturated carbocycles. The molecule has 0 atom stereocenters. The van der Waals surface area contributed by atoms with E-state index in [-0.39, 0.29) is 21.3 Å². The third kappa shape index (κ3) is 7.26. The lowest BCUT2D eigenvalue weighted by atomic mass is 10.0. The van der Waals surface area contributed by atoms with E-state index in [1.807, 2.05) is 0 Å². The Balaban J connectivity index is 1.33. The molecule has 4 aromatic carbocycles. The van der Waals surface area contributed by atoms with Crippen LogP contribution in [0.1, 0.15) is 21.7 Å². The van der Waals surface area contributed by atoms with E-state index in [1.54, 1.807) is 68.4 Å². The van der Waals surface area contributed by atoms with Gasteiger partial charge in [0.05, 0.1) is 32.1 Å². The summed E-state index contributed by atoms with van der Waals surface area (Å²) in [5.74, 6) is -1.13. The number of aryl methyl sites for hydroxylation is 2. The minimum absolute atomic E-state index is 0.00265. The van der Waals surface area contributed by atoms with E-state index in [1.165, 1.54) is 36.4 Å². The van der Waals surface area contributed by atoms with Gasteiger partial charge in [0.15, 0.2) is 0 Å². The molecule has 6 rings (SSSR count). The first-order chi connectivity index (χ1) is 23.7. The average Bonchev–Trinajstić information content (AvgIpc) is 3.03. The van der Waals surface area contributed by atoms with Gasteiger partial charge in [-0.15, -0.1) is 4.40 Å². The molecule has 2 heterocycles. The zero-order chi connectivity index (χ0) is 35.8. The fourth-order valence-electron chi connectivity index (χ4n) is 5.17. The molecule has 7 N–H and O–H groups in total. The minimum Gasteiger partial charge on any atom is -0.369 e. The van der Waals surface area contributed by atoms with E-state index in [0.717, 1.165) is 0 Å². The van der Waals surface area contributed by atoms with E-state index < -0.39 is 31.9 Å². The van der Waals surface area contributed by atoms with Gasteiger partial charge in [0, 0.05) is 38.6 Å². The molecule has 50 heavy (non-hydrogen) atoms. The van der Waals surface area contributed by atoms with Gasteiger partial charge in [0.25, 0.3) is 26.0 Å². The first kappa shape index (κ1) is 34.0. The zero-order valence-corrected chi connectivity index (χ0v) is 28.7. The molecule has 0 aliphatic rings. The topological polar surface area (TPSA) is 225 Å². The molecule has 0 spiro atoms. The maximum Gasteiger partial charge on any atom is 0.285 e. The number of sulfonamides is 2. The SMILES string of the molecule is Cc1cc(C)nc(NS(=O)(=O)c2ccc(Nc3c4ccc(Cl)cc4nc4c(C(=O)Nc5ccc(S(=O)(=O)N=C(N)N)cc5)cccc34)cc2)n1. The van der Waals surface area contributed by atoms with Gasteiger partial charge in [-0.2, -0.15) is 8.42 Å². The summed E-state index contributed by atoms with van der Waals surface area (Å²) in [4.78, 5) is 26.5. The van der Waals surface area contributed by atoms with Crippen LogP contribution in [0, 0.1) is 13.8 Å². The van der Waals surface area contributed by atoms with Crippen LogP contribution in [0.3, 0.4) is 0 Å². The number of aromatic nitrogens is 3. The van der Waals surface area contributed by atoms with Gasteiger partial charge in [-0.1, -0.05) is 23.7 Å². The molecule has 254 valence electrons. The predicted molar refractivity (Wildman–Crippen MR) is 194 cm³/mol.